The Morgan fingerprint density at radius 3 is 2.45 bits per heavy atom. The molecule has 0 saturated carbocycles. The van der Waals surface area contributed by atoms with E-state index in [1.165, 1.54) is 29.5 Å². The lowest BCUT2D eigenvalue weighted by atomic mass is 9.73. The van der Waals surface area contributed by atoms with Gasteiger partial charge < -0.3 is 9.80 Å². The maximum absolute atomic E-state index is 13.1. The zero-order valence-corrected chi connectivity index (χ0v) is 18.7. The topological polar surface area (TPSA) is 39.7 Å². The molecule has 5 nitrogen and oxygen atoms in total. The van der Waals surface area contributed by atoms with E-state index in [2.05, 4.69) is 63.1 Å². The number of carbonyl (C=O) groups is 1. The van der Waals surface area contributed by atoms with Crippen LogP contribution in [0.25, 0.3) is 0 Å². The molecular weight excluding hydrogens is 384 g/mol. The lowest BCUT2D eigenvalue weighted by Crippen LogP contribution is -2.47. The summed E-state index contributed by atoms with van der Waals surface area (Å²) < 4.78 is 0. The Balaban J connectivity index is 1.26. The molecule has 2 saturated heterocycles. The maximum atomic E-state index is 13.1. The second-order valence-corrected chi connectivity index (χ2v) is 9.79. The van der Waals surface area contributed by atoms with Gasteiger partial charge in [-0.2, -0.15) is 0 Å². The third-order valence-corrected chi connectivity index (χ3v) is 7.85. The van der Waals surface area contributed by atoms with Crippen molar-refractivity contribution in [1.82, 2.24) is 19.7 Å². The van der Waals surface area contributed by atoms with Gasteiger partial charge in [0, 0.05) is 51.5 Å². The quantitative estimate of drug-likeness (QED) is 0.764. The summed E-state index contributed by atoms with van der Waals surface area (Å²) >= 11 is 0. The van der Waals surface area contributed by atoms with Crippen LogP contribution < -0.4 is 0 Å². The molecule has 0 bridgehead atoms. The van der Waals surface area contributed by atoms with Gasteiger partial charge in [-0.3, -0.25) is 14.7 Å². The number of fused-ring (bicyclic) bond motifs is 2. The van der Waals surface area contributed by atoms with Crippen LogP contribution in [0.4, 0.5) is 0 Å². The number of hydrogen-bond donors (Lipinski definition) is 0. The summed E-state index contributed by atoms with van der Waals surface area (Å²) in [5.74, 6) is 0.718. The molecule has 31 heavy (non-hydrogen) atoms. The summed E-state index contributed by atoms with van der Waals surface area (Å²) in [5, 5.41) is 0. The van der Waals surface area contributed by atoms with E-state index in [0.29, 0.717) is 18.2 Å². The van der Waals surface area contributed by atoms with E-state index >= 15 is 0 Å². The van der Waals surface area contributed by atoms with Crippen LogP contribution in [0.15, 0.2) is 48.8 Å². The second-order valence-electron chi connectivity index (χ2n) is 9.79. The minimum Gasteiger partial charge on any atom is -0.340 e. The van der Waals surface area contributed by atoms with E-state index in [9.17, 15) is 4.79 Å². The number of piperidine rings is 1. The summed E-state index contributed by atoms with van der Waals surface area (Å²) in [5.41, 5.74) is 4.55. The van der Waals surface area contributed by atoms with Crippen molar-refractivity contribution in [2.75, 3.05) is 46.3 Å². The first-order valence-corrected chi connectivity index (χ1v) is 11.8. The Labute approximate surface area is 186 Å². The number of aromatic nitrogens is 1. The van der Waals surface area contributed by atoms with Gasteiger partial charge in [-0.1, -0.05) is 24.3 Å². The van der Waals surface area contributed by atoms with E-state index in [4.69, 9.17) is 0 Å². The highest BCUT2D eigenvalue weighted by molar-refractivity contribution is 5.77. The molecule has 0 unspecified atom stereocenters. The number of nitrogens with zero attached hydrogens (tertiary/aromatic N) is 4. The van der Waals surface area contributed by atoms with Crippen LogP contribution in [0.5, 0.6) is 0 Å². The summed E-state index contributed by atoms with van der Waals surface area (Å²) in [6.45, 7) is 6.98. The van der Waals surface area contributed by atoms with Crippen molar-refractivity contribution in [2.45, 2.75) is 43.6 Å². The van der Waals surface area contributed by atoms with E-state index in [0.717, 1.165) is 52.2 Å². The fourth-order valence-corrected chi connectivity index (χ4v) is 5.96. The van der Waals surface area contributed by atoms with E-state index < -0.39 is 0 Å². The number of rotatable bonds is 4. The lowest BCUT2D eigenvalue weighted by Gasteiger charge is -2.40. The van der Waals surface area contributed by atoms with Crippen LogP contribution in [0.2, 0.25) is 0 Å². The van der Waals surface area contributed by atoms with Gasteiger partial charge >= 0.3 is 0 Å². The molecule has 2 fully saturated rings. The molecule has 1 amide bonds. The fraction of sp³-hybridized carbons (Fsp3) is 0.538. The SMILES string of the molecule is CN1CCN(C(=O)C[C@H]2CC3(CCN(Cc4ccncc4)CC3)c3ccccc32)CC1. The molecule has 2 aliphatic heterocycles. The molecule has 164 valence electrons. The van der Waals surface area contributed by atoms with Crippen LogP contribution >= 0.6 is 0 Å². The average molecular weight is 419 g/mol. The molecule has 1 aromatic carbocycles. The molecule has 5 heteroatoms. The highest BCUT2D eigenvalue weighted by Crippen LogP contribution is 2.52. The first kappa shape index (κ1) is 20.7. The molecule has 1 aliphatic carbocycles. The summed E-state index contributed by atoms with van der Waals surface area (Å²) in [6, 6.07) is 13.2. The Hall–Kier alpha value is -2.24. The minimum absolute atomic E-state index is 0.248. The first-order valence-electron chi connectivity index (χ1n) is 11.8. The first-order chi connectivity index (χ1) is 15.1. The monoisotopic (exact) mass is 418 g/mol. The van der Waals surface area contributed by atoms with Crippen molar-refractivity contribution in [1.29, 1.82) is 0 Å². The zero-order valence-electron chi connectivity index (χ0n) is 18.7. The van der Waals surface area contributed by atoms with E-state index in [1.807, 2.05) is 12.4 Å². The predicted octanol–water partition coefficient (Wildman–Crippen LogP) is 3.27. The van der Waals surface area contributed by atoms with Crippen LogP contribution in [0.1, 0.15) is 48.3 Å². The smallest absolute Gasteiger partial charge is 0.223 e. The summed E-state index contributed by atoms with van der Waals surface area (Å²) in [7, 11) is 2.14. The van der Waals surface area contributed by atoms with Crippen LogP contribution in [0.3, 0.4) is 0 Å². The summed E-state index contributed by atoms with van der Waals surface area (Å²) in [4.78, 5) is 24.2. The highest BCUT2D eigenvalue weighted by atomic mass is 16.2. The van der Waals surface area contributed by atoms with Gasteiger partial charge in [0.05, 0.1) is 0 Å². The van der Waals surface area contributed by atoms with Crippen LogP contribution in [0, 0.1) is 0 Å². The van der Waals surface area contributed by atoms with Crippen molar-refractivity contribution < 1.29 is 4.79 Å². The molecule has 5 rings (SSSR count). The van der Waals surface area contributed by atoms with Crippen LogP contribution in [-0.4, -0.2) is 71.9 Å². The largest absolute Gasteiger partial charge is 0.340 e. The number of likely N-dealkylation sites (N-methyl/N-ethyl adjacent to an activating group) is 1. The average Bonchev–Trinajstić information content (AvgIpc) is 3.10. The van der Waals surface area contributed by atoms with Crippen molar-refractivity contribution in [3.8, 4) is 0 Å². The summed E-state index contributed by atoms with van der Waals surface area (Å²) in [6.07, 6.45) is 7.95. The van der Waals surface area contributed by atoms with E-state index in [-0.39, 0.29) is 5.41 Å². The Bertz CT molecular complexity index is 899. The molecule has 3 heterocycles. The lowest BCUT2D eigenvalue weighted by molar-refractivity contribution is -0.133. The van der Waals surface area contributed by atoms with Gasteiger partial charge in [0.2, 0.25) is 5.91 Å². The second kappa shape index (κ2) is 8.71. The van der Waals surface area contributed by atoms with Gasteiger partial charge in [-0.05, 0) is 79.6 Å². The minimum atomic E-state index is 0.248. The number of piperazine rings is 1. The predicted molar refractivity (Wildman–Crippen MR) is 123 cm³/mol. The van der Waals surface area contributed by atoms with Crippen molar-refractivity contribution in [3.05, 3.63) is 65.5 Å². The number of hydrogen-bond acceptors (Lipinski definition) is 4. The third kappa shape index (κ3) is 4.26. The number of likely N-dealkylation sites (tertiary alicyclic amines) is 1. The van der Waals surface area contributed by atoms with Gasteiger partial charge in [0.1, 0.15) is 0 Å². The van der Waals surface area contributed by atoms with Gasteiger partial charge in [0.25, 0.3) is 0 Å². The normalized spacial score (nSPS) is 23.8. The Morgan fingerprint density at radius 2 is 1.71 bits per heavy atom. The fourth-order valence-electron chi connectivity index (χ4n) is 5.96. The molecule has 2 aromatic rings. The van der Waals surface area contributed by atoms with Crippen molar-refractivity contribution in [2.24, 2.45) is 0 Å². The van der Waals surface area contributed by atoms with Gasteiger partial charge in [-0.15, -0.1) is 0 Å². The Kier molecular flexibility index (Phi) is 5.81. The standard InChI is InChI=1S/C26H34N4O/c1-28-14-16-30(17-15-28)25(31)18-22-19-26(24-5-3-2-4-23(22)24)8-12-29(13-9-26)20-21-6-10-27-11-7-21/h2-7,10-11,22H,8-9,12-20H2,1H3/t22-/m0/s1. The number of pyridine rings is 1. The number of benzene rings is 1. The van der Waals surface area contributed by atoms with E-state index in [1.54, 1.807) is 0 Å². The van der Waals surface area contributed by atoms with Crippen molar-refractivity contribution in [3.63, 3.8) is 0 Å². The molecule has 1 spiro atoms. The molecule has 1 atom stereocenters. The number of carbonyl (C=O) groups excluding carboxylic acids is 1. The van der Waals surface area contributed by atoms with Gasteiger partial charge in [0.15, 0.2) is 0 Å². The highest BCUT2D eigenvalue weighted by Gasteiger charge is 2.45. The third-order valence-electron chi connectivity index (χ3n) is 7.85. The Morgan fingerprint density at radius 1 is 1.00 bits per heavy atom. The molecule has 0 radical (unpaired) electrons. The zero-order chi connectivity index (χ0) is 21.3. The molecule has 0 N–H and O–H groups in total. The molecule has 3 aliphatic rings. The maximum Gasteiger partial charge on any atom is 0.223 e. The van der Waals surface area contributed by atoms with Crippen LogP contribution in [-0.2, 0) is 16.8 Å². The molecule has 1 aromatic heterocycles. The molecular formula is C26H34N4O. The van der Waals surface area contributed by atoms with Gasteiger partial charge in [-0.25, -0.2) is 0 Å². The number of amides is 1. The van der Waals surface area contributed by atoms with Crippen molar-refractivity contribution >= 4 is 5.91 Å².